The number of ether oxygens (including phenoxy) is 1. The summed E-state index contributed by atoms with van der Waals surface area (Å²) in [7, 11) is 1.69. The Kier molecular flexibility index (Phi) is 6.83. The zero-order valence-electron chi connectivity index (χ0n) is 17.3. The largest absolute Gasteiger partial charge is 0.385 e. The van der Waals surface area contributed by atoms with Crippen LogP contribution in [0.2, 0.25) is 0 Å². The van der Waals surface area contributed by atoms with Gasteiger partial charge in [0.1, 0.15) is 6.04 Å². The molecule has 0 aliphatic carbocycles. The molecule has 1 amide bonds. The molecule has 1 atom stereocenters. The van der Waals surface area contributed by atoms with Gasteiger partial charge in [-0.15, -0.1) is 0 Å². The summed E-state index contributed by atoms with van der Waals surface area (Å²) in [5.74, 6) is -0.320. The highest BCUT2D eigenvalue weighted by molar-refractivity contribution is 6.21. The van der Waals surface area contributed by atoms with E-state index >= 15 is 0 Å². The van der Waals surface area contributed by atoms with Crippen LogP contribution in [0.5, 0.6) is 0 Å². The quantitative estimate of drug-likeness (QED) is 0.696. The number of nitrogens with one attached hydrogen (secondary N) is 1. The predicted molar refractivity (Wildman–Crippen MR) is 114 cm³/mol. The molecule has 0 aromatic heterocycles. The second-order valence-electron chi connectivity index (χ2n) is 7.31. The highest BCUT2D eigenvalue weighted by Crippen LogP contribution is 2.32. The van der Waals surface area contributed by atoms with Gasteiger partial charge in [0.05, 0.1) is 5.57 Å². The normalized spacial score (nSPS) is 14.4. The molecule has 2 aromatic rings. The van der Waals surface area contributed by atoms with Crippen molar-refractivity contribution in [2.45, 2.75) is 32.9 Å². The van der Waals surface area contributed by atoms with Crippen molar-refractivity contribution in [1.82, 2.24) is 10.2 Å². The van der Waals surface area contributed by atoms with Crippen LogP contribution in [0.25, 0.3) is 5.57 Å². The molecule has 0 saturated heterocycles. The number of fused-ring (bicyclic) bond motifs is 1. The van der Waals surface area contributed by atoms with E-state index < -0.39 is 6.04 Å². The molecule has 5 nitrogen and oxygen atoms in total. The summed E-state index contributed by atoms with van der Waals surface area (Å²) in [5, 5.41) is 2.96. The molecule has 0 fully saturated rings. The van der Waals surface area contributed by atoms with E-state index in [2.05, 4.69) is 16.3 Å². The van der Waals surface area contributed by atoms with Crippen molar-refractivity contribution < 1.29 is 14.3 Å². The average Bonchev–Trinajstić information content (AvgIpc) is 2.73. The Morgan fingerprint density at radius 3 is 2.48 bits per heavy atom. The van der Waals surface area contributed by atoms with Gasteiger partial charge >= 0.3 is 0 Å². The minimum Gasteiger partial charge on any atom is -0.385 e. The molecule has 2 aromatic carbocycles. The number of carbonyl (C=O) groups excluding carboxylic acids is 2. The highest BCUT2D eigenvalue weighted by atomic mass is 16.5. The van der Waals surface area contributed by atoms with Crippen molar-refractivity contribution in [1.29, 1.82) is 0 Å². The molecule has 5 heteroatoms. The molecule has 0 unspecified atom stereocenters. The van der Waals surface area contributed by atoms with Crippen molar-refractivity contribution in [3.63, 3.8) is 0 Å². The molecule has 29 heavy (non-hydrogen) atoms. The molecule has 1 N–H and O–H groups in total. The third kappa shape index (κ3) is 4.74. The van der Waals surface area contributed by atoms with E-state index in [0.29, 0.717) is 12.2 Å². The number of nitrogens with zero attached hydrogens (tertiary/aromatic N) is 1. The van der Waals surface area contributed by atoms with Gasteiger partial charge in [0.25, 0.3) is 5.91 Å². The summed E-state index contributed by atoms with van der Waals surface area (Å²) in [6.07, 6.45) is 0.880. The second-order valence-corrected chi connectivity index (χ2v) is 7.31. The van der Waals surface area contributed by atoms with Crippen LogP contribution < -0.4 is 5.32 Å². The standard InChI is InChI=1S/C24H28N2O3/c1-17-22(24(28)25-23(18(2)27)19-10-5-4-6-11-19)21-13-8-7-12-20(21)16-26(17)14-9-15-29-3/h4-8,10-13,23H,9,14-16H2,1-3H3,(H,25,28)/t23-/m1/s1. The Morgan fingerprint density at radius 1 is 1.10 bits per heavy atom. The first-order chi connectivity index (χ1) is 14.0. The van der Waals surface area contributed by atoms with Gasteiger partial charge in [0.15, 0.2) is 5.78 Å². The number of hydrogen-bond acceptors (Lipinski definition) is 4. The third-order valence-corrected chi connectivity index (χ3v) is 5.30. The lowest BCUT2D eigenvalue weighted by Crippen LogP contribution is -2.37. The number of amides is 1. The number of hydrogen-bond donors (Lipinski definition) is 1. The van der Waals surface area contributed by atoms with Gasteiger partial charge in [-0.2, -0.15) is 0 Å². The maximum atomic E-state index is 13.4. The van der Waals surface area contributed by atoms with E-state index in [1.165, 1.54) is 6.92 Å². The number of carbonyl (C=O) groups is 2. The third-order valence-electron chi connectivity index (χ3n) is 5.30. The van der Waals surface area contributed by atoms with Crippen molar-refractivity contribution in [2.24, 2.45) is 0 Å². The fraction of sp³-hybridized carbons (Fsp3) is 0.333. The van der Waals surface area contributed by atoms with Crippen LogP contribution in [0.3, 0.4) is 0 Å². The zero-order valence-corrected chi connectivity index (χ0v) is 17.3. The van der Waals surface area contributed by atoms with Gasteiger partial charge in [-0.05, 0) is 37.0 Å². The van der Waals surface area contributed by atoms with Crippen LogP contribution >= 0.6 is 0 Å². The van der Waals surface area contributed by atoms with E-state index in [1.807, 2.05) is 55.5 Å². The highest BCUT2D eigenvalue weighted by Gasteiger charge is 2.29. The number of rotatable bonds is 8. The summed E-state index contributed by atoms with van der Waals surface area (Å²) in [6, 6.07) is 16.7. The topological polar surface area (TPSA) is 58.6 Å². The number of Topliss-reactive ketones (excluding diaryl/α,β-unsaturated/α-hetero) is 1. The zero-order chi connectivity index (χ0) is 20.8. The molecule has 152 valence electrons. The van der Waals surface area contributed by atoms with Gasteiger partial charge in [0.2, 0.25) is 0 Å². The molecule has 0 spiro atoms. The molecule has 3 rings (SSSR count). The molecule has 1 aliphatic heterocycles. The SMILES string of the molecule is COCCCN1Cc2ccccc2C(C(=O)N[C@H](C(C)=O)c2ccccc2)=C1C. The van der Waals surface area contributed by atoms with Crippen molar-refractivity contribution in [2.75, 3.05) is 20.3 Å². The Balaban J connectivity index is 1.92. The summed E-state index contributed by atoms with van der Waals surface area (Å²) in [5.41, 5.74) is 4.38. The molecule has 0 radical (unpaired) electrons. The second kappa shape index (κ2) is 9.52. The van der Waals surface area contributed by atoms with Crippen LogP contribution in [0, 0.1) is 0 Å². The maximum Gasteiger partial charge on any atom is 0.254 e. The molecule has 0 bridgehead atoms. The lowest BCUT2D eigenvalue weighted by molar-refractivity contribution is -0.124. The summed E-state index contributed by atoms with van der Waals surface area (Å²) in [4.78, 5) is 27.8. The van der Waals surface area contributed by atoms with Gasteiger partial charge in [-0.25, -0.2) is 0 Å². The molecule has 0 saturated carbocycles. The van der Waals surface area contributed by atoms with Crippen molar-refractivity contribution in [3.8, 4) is 0 Å². The van der Waals surface area contributed by atoms with E-state index in [9.17, 15) is 9.59 Å². The fourth-order valence-electron chi connectivity index (χ4n) is 3.78. The minimum atomic E-state index is -0.667. The van der Waals surface area contributed by atoms with Crippen molar-refractivity contribution >= 4 is 17.3 Å². The molecule has 1 aliphatic rings. The molecular formula is C24H28N2O3. The van der Waals surface area contributed by atoms with Gasteiger partial charge < -0.3 is 15.0 Å². The summed E-state index contributed by atoms with van der Waals surface area (Å²) in [6.45, 7) is 5.72. The van der Waals surface area contributed by atoms with Crippen LogP contribution in [0.15, 0.2) is 60.3 Å². The lowest BCUT2D eigenvalue weighted by atomic mass is 9.92. The number of benzene rings is 2. The van der Waals surface area contributed by atoms with Crippen LogP contribution in [0.4, 0.5) is 0 Å². The number of methoxy groups -OCH3 is 1. The lowest BCUT2D eigenvalue weighted by Gasteiger charge is -2.33. The van der Waals surface area contributed by atoms with Crippen LogP contribution in [-0.4, -0.2) is 36.9 Å². The maximum absolute atomic E-state index is 13.4. The van der Waals surface area contributed by atoms with E-state index in [4.69, 9.17) is 4.74 Å². The smallest absolute Gasteiger partial charge is 0.254 e. The molecular weight excluding hydrogens is 364 g/mol. The first kappa shape index (κ1) is 20.8. The Hall–Kier alpha value is -2.92. The fourth-order valence-corrected chi connectivity index (χ4v) is 3.78. The Morgan fingerprint density at radius 2 is 1.79 bits per heavy atom. The summed E-state index contributed by atoms with van der Waals surface area (Å²) >= 11 is 0. The van der Waals surface area contributed by atoms with Gasteiger partial charge in [0, 0.05) is 32.5 Å². The van der Waals surface area contributed by atoms with E-state index in [-0.39, 0.29) is 11.7 Å². The van der Waals surface area contributed by atoms with E-state index in [1.54, 1.807) is 7.11 Å². The predicted octanol–water partition coefficient (Wildman–Crippen LogP) is 3.72. The summed E-state index contributed by atoms with van der Waals surface area (Å²) < 4.78 is 5.18. The first-order valence-electron chi connectivity index (χ1n) is 9.92. The Bertz CT molecular complexity index is 905. The van der Waals surface area contributed by atoms with Crippen LogP contribution in [0.1, 0.15) is 43.0 Å². The van der Waals surface area contributed by atoms with Crippen molar-refractivity contribution in [3.05, 3.63) is 77.0 Å². The van der Waals surface area contributed by atoms with Crippen LogP contribution in [-0.2, 0) is 20.9 Å². The van der Waals surface area contributed by atoms with E-state index in [0.717, 1.165) is 41.9 Å². The monoisotopic (exact) mass is 392 g/mol. The molecule has 1 heterocycles. The first-order valence-corrected chi connectivity index (χ1v) is 9.92. The van der Waals surface area contributed by atoms with Gasteiger partial charge in [-0.3, -0.25) is 9.59 Å². The Labute approximate surface area is 172 Å². The minimum absolute atomic E-state index is 0.0937. The number of ketones is 1. The van der Waals surface area contributed by atoms with Gasteiger partial charge in [-0.1, -0.05) is 54.6 Å². The number of allylic oxidation sites excluding steroid dienone is 1. The average molecular weight is 392 g/mol.